The zero-order valence-corrected chi connectivity index (χ0v) is 9.39. The summed E-state index contributed by atoms with van der Waals surface area (Å²) >= 11 is 1.66. The SMILES string of the molecule is NCCOCC(=O)NCCc1ccsc1. The molecule has 5 heteroatoms. The van der Waals surface area contributed by atoms with Crippen molar-refractivity contribution in [2.45, 2.75) is 6.42 Å². The van der Waals surface area contributed by atoms with Gasteiger partial charge in [-0.2, -0.15) is 11.3 Å². The number of nitrogens with one attached hydrogen (secondary N) is 1. The summed E-state index contributed by atoms with van der Waals surface area (Å²) in [7, 11) is 0. The second kappa shape index (κ2) is 7.39. The van der Waals surface area contributed by atoms with Gasteiger partial charge in [-0.15, -0.1) is 0 Å². The fourth-order valence-electron chi connectivity index (χ4n) is 1.08. The zero-order chi connectivity index (χ0) is 10.9. The molecular weight excluding hydrogens is 212 g/mol. The molecule has 0 spiro atoms. The maximum atomic E-state index is 11.2. The van der Waals surface area contributed by atoms with Crippen molar-refractivity contribution in [1.82, 2.24) is 5.32 Å². The summed E-state index contributed by atoms with van der Waals surface area (Å²) in [6, 6.07) is 2.06. The van der Waals surface area contributed by atoms with E-state index in [2.05, 4.69) is 16.8 Å². The average Bonchev–Trinajstić information content (AvgIpc) is 2.71. The number of rotatable bonds is 7. The first-order valence-corrected chi connectivity index (χ1v) is 5.83. The first kappa shape index (κ1) is 12.2. The molecule has 1 aromatic heterocycles. The predicted molar refractivity (Wildman–Crippen MR) is 60.9 cm³/mol. The van der Waals surface area contributed by atoms with E-state index in [0.29, 0.717) is 19.7 Å². The Morgan fingerprint density at radius 2 is 2.47 bits per heavy atom. The Bertz CT molecular complexity index is 275. The average molecular weight is 228 g/mol. The Morgan fingerprint density at radius 1 is 1.60 bits per heavy atom. The van der Waals surface area contributed by atoms with E-state index in [4.69, 9.17) is 10.5 Å². The summed E-state index contributed by atoms with van der Waals surface area (Å²) in [6.07, 6.45) is 0.867. The van der Waals surface area contributed by atoms with E-state index in [1.54, 1.807) is 11.3 Å². The maximum Gasteiger partial charge on any atom is 0.246 e. The van der Waals surface area contributed by atoms with Gasteiger partial charge in [-0.3, -0.25) is 4.79 Å². The molecule has 0 aliphatic carbocycles. The first-order valence-electron chi connectivity index (χ1n) is 4.88. The van der Waals surface area contributed by atoms with E-state index < -0.39 is 0 Å². The van der Waals surface area contributed by atoms with Crippen LogP contribution in [0.4, 0.5) is 0 Å². The van der Waals surface area contributed by atoms with Crippen LogP contribution in [-0.2, 0) is 16.0 Å². The molecule has 0 fully saturated rings. The fourth-order valence-corrected chi connectivity index (χ4v) is 1.78. The number of hydrogen-bond acceptors (Lipinski definition) is 4. The highest BCUT2D eigenvalue weighted by Crippen LogP contribution is 2.05. The molecule has 0 unspecified atom stereocenters. The van der Waals surface area contributed by atoms with Gasteiger partial charge in [0, 0.05) is 13.1 Å². The van der Waals surface area contributed by atoms with Crippen molar-refractivity contribution >= 4 is 17.2 Å². The van der Waals surface area contributed by atoms with Gasteiger partial charge in [-0.25, -0.2) is 0 Å². The molecule has 0 atom stereocenters. The third kappa shape index (κ3) is 5.51. The third-order valence-corrected chi connectivity index (χ3v) is 2.54. The van der Waals surface area contributed by atoms with Crippen LogP contribution in [0.15, 0.2) is 16.8 Å². The fraction of sp³-hybridized carbons (Fsp3) is 0.500. The third-order valence-electron chi connectivity index (χ3n) is 1.81. The van der Waals surface area contributed by atoms with Crippen molar-refractivity contribution in [3.63, 3.8) is 0 Å². The molecule has 3 N–H and O–H groups in total. The predicted octanol–water partition coefficient (Wildman–Crippen LogP) is 0.382. The van der Waals surface area contributed by atoms with Gasteiger partial charge in [0.25, 0.3) is 0 Å². The van der Waals surface area contributed by atoms with Gasteiger partial charge < -0.3 is 15.8 Å². The summed E-state index contributed by atoms with van der Waals surface area (Å²) in [5.41, 5.74) is 6.48. The number of ether oxygens (including phenoxy) is 1. The largest absolute Gasteiger partial charge is 0.370 e. The van der Waals surface area contributed by atoms with Crippen LogP contribution in [0.1, 0.15) is 5.56 Å². The molecule has 0 aromatic carbocycles. The van der Waals surface area contributed by atoms with Crippen LogP contribution in [0.25, 0.3) is 0 Å². The molecule has 0 saturated carbocycles. The van der Waals surface area contributed by atoms with Crippen molar-refractivity contribution in [3.8, 4) is 0 Å². The van der Waals surface area contributed by atoms with Crippen LogP contribution in [0.3, 0.4) is 0 Å². The number of hydrogen-bond donors (Lipinski definition) is 2. The molecule has 15 heavy (non-hydrogen) atoms. The second-order valence-corrected chi connectivity index (χ2v) is 3.85. The zero-order valence-electron chi connectivity index (χ0n) is 8.57. The van der Waals surface area contributed by atoms with Crippen molar-refractivity contribution in [2.24, 2.45) is 5.73 Å². The summed E-state index contributed by atoms with van der Waals surface area (Å²) in [5.74, 6) is -0.0846. The molecule has 1 rings (SSSR count). The lowest BCUT2D eigenvalue weighted by molar-refractivity contribution is -0.125. The highest BCUT2D eigenvalue weighted by Gasteiger charge is 2.00. The standard InChI is InChI=1S/C10H16N2O2S/c11-3-5-14-7-10(13)12-4-1-9-2-6-15-8-9/h2,6,8H,1,3-5,7,11H2,(H,12,13). The lowest BCUT2D eigenvalue weighted by atomic mass is 10.2. The van der Waals surface area contributed by atoms with E-state index in [-0.39, 0.29) is 12.5 Å². The Balaban J connectivity index is 2.02. The summed E-state index contributed by atoms with van der Waals surface area (Å²) in [6.45, 7) is 1.63. The van der Waals surface area contributed by atoms with Crippen LogP contribution in [0, 0.1) is 0 Å². The van der Waals surface area contributed by atoms with Crippen molar-refractivity contribution in [3.05, 3.63) is 22.4 Å². The van der Waals surface area contributed by atoms with Gasteiger partial charge in [0.15, 0.2) is 0 Å². The van der Waals surface area contributed by atoms with Gasteiger partial charge in [0.1, 0.15) is 6.61 Å². The van der Waals surface area contributed by atoms with Crippen molar-refractivity contribution in [2.75, 3.05) is 26.3 Å². The van der Waals surface area contributed by atoms with Crippen LogP contribution in [0.2, 0.25) is 0 Å². The first-order chi connectivity index (χ1) is 7.33. The van der Waals surface area contributed by atoms with E-state index in [1.165, 1.54) is 5.56 Å². The van der Waals surface area contributed by atoms with E-state index in [0.717, 1.165) is 6.42 Å². The Morgan fingerprint density at radius 3 is 3.13 bits per heavy atom. The number of carbonyl (C=O) groups excluding carboxylic acids is 1. The molecule has 0 aliphatic rings. The topological polar surface area (TPSA) is 64.3 Å². The summed E-state index contributed by atoms with van der Waals surface area (Å²) in [5, 5.41) is 6.89. The lowest BCUT2D eigenvalue weighted by Gasteiger charge is -2.04. The number of thiophene rings is 1. The van der Waals surface area contributed by atoms with Gasteiger partial charge in [0.05, 0.1) is 6.61 Å². The van der Waals surface area contributed by atoms with Crippen molar-refractivity contribution in [1.29, 1.82) is 0 Å². The molecule has 1 amide bonds. The minimum absolute atomic E-state index is 0.0846. The molecule has 1 aromatic rings. The molecule has 1 heterocycles. The maximum absolute atomic E-state index is 11.2. The Hall–Kier alpha value is -0.910. The molecule has 0 bridgehead atoms. The molecule has 0 aliphatic heterocycles. The summed E-state index contributed by atoms with van der Waals surface area (Å²) in [4.78, 5) is 11.2. The smallest absolute Gasteiger partial charge is 0.246 e. The highest BCUT2D eigenvalue weighted by molar-refractivity contribution is 7.07. The molecule has 0 saturated heterocycles. The number of amides is 1. The van der Waals surface area contributed by atoms with E-state index in [9.17, 15) is 4.79 Å². The summed E-state index contributed by atoms with van der Waals surface area (Å²) < 4.78 is 5.00. The van der Waals surface area contributed by atoms with Crippen LogP contribution in [0.5, 0.6) is 0 Å². The number of nitrogens with two attached hydrogens (primary N) is 1. The van der Waals surface area contributed by atoms with E-state index in [1.807, 2.05) is 5.38 Å². The monoisotopic (exact) mass is 228 g/mol. The van der Waals surface area contributed by atoms with Gasteiger partial charge >= 0.3 is 0 Å². The normalized spacial score (nSPS) is 10.2. The Kier molecular flexibility index (Phi) is 5.99. The quantitative estimate of drug-likeness (QED) is 0.663. The molecule has 0 radical (unpaired) electrons. The van der Waals surface area contributed by atoms with Gasteiger partial charge in [0.2, 0.25) is 5.91 Å². The molecular formula is C10H16N2O2S. The highest BCUT2D eigenvalue weighted by atomic mass is 32.1. The molecule has 4 nitrogen and oxygen atoms in total. The van der Waals surface area contributed by atoms with Crippen LogP contribution >= 0.6 is 11.3 Å². The Labute approximate surface area is 93.4 Å². The minimum atomic E-state index is -0.0846. The van der Waals surface area contributed by atoms with Crippen LogP contribution in [-0.4, -0.2) is 32.2 Å². The van der Waals surface area contributed by atoms with Gasteiger partial charge in [-0.1, -0.05) is 0 Å². The second-order valence-electron chi connectivity index (χ2n) is 3.07. The van der Waals surface area contributed by atoms with Gasteiger partial charge in [-0.05, 0) is 28.8 Å². The van der Waals surface area contributed by atoms with E-state index >= 15 is 0 Å². The minimum Gasteiger partial charge on any atom is -0.370 e. The van der Waals surface area contributed by atoms with Crippen molar-refractivity contribution < 1.29 is 9.53 Å². The molecule has 84 valence electrons. The van der Waals surface area contributed by atoms with Crippen LogP contribution < -0.4 is 11.1 Å². The lowest BCUT2D eigenvalue weighted by Crippen LogP contribution is -2.30. The number of carbonyl (C=O) groups is 1.